The third-order valence-electron chi connectivity index (χ3n) is 4.03. The van der Waals surface area contributed by atoms with E-state index in [1.54, 1.807) is 12.4 Å². The van der Waals surface area contributed by atoms with Gasteiger partial charge in [-0.1, -0.05) is 6.42 Å². The van der Waals surface area contributed by atoms with E-state index in [-0.39, 0.29) is 5.91 Å². The molecule has 0 spiro atoms. The van der Waals surface area contributed by atoms with Gasteiger partial charge in [0.05, 0.1) is 5.56 Å². The van der Waals surface area contributed by atoms with E-state index in [2.05, 4.69) is 26.2 Å². The second-order valence-corrected chi connectivity index (χ2v) is 6.64. The van der Waals surface area contributed by atoms with Crippen molar-refractivity contribution < 1.29 is 4.79 Å². The van der Waals surface area contributed by atoms with E-state index < -0.39 is 0 Å². The van der Waals surface area contributed by atoms with Crippen molar-refractivity contribution in [3.63, 3.8) is 0 Å². The normalized spacial score (nSPS) is 22.6. The number of aromatic nitrogens is 1. The molecule has 1 saturated carbocycles. The van der Waals surface area contributed by atoms with Gasteiger partial charge in [-0.15, -0.1) is 0 Å². The van der Waals surface area contributed by atoms with Crippen molar-refractivity contribution in [1.29, 1.82) is 0 Å². The number of pyridine rings is 1. The first-order chi connectivity index (χ1) is 9.74. The highest BCUT2D eigenvalue weighted by atomic mass is 79.9. The van der Waals surface area contributed by atoms with Gasteiger partial charge < -0.3 is 10.2 Å². The van der Waals surface area contributed by atoms with Crippen LogP contribution in [0.3, 0.4) is 0 Å². The number of hydrogen-bond acceptors (Lipinski definition) is 3. The summed E-state index contributed by atoms with van der Waals surface area (Å²) in [6.07, 6.45) is 9.34. The lowest BCUT2D eigenvalue weighted by Gasteiger charge is -2.30. The van der Waals surface area contributed by atoms with E-state index in [1.807, 2.05) is 11.0 Å². The van der Waals surface area contributed by atoms with E-state index in [1.165, 1.54) is 19.3 Å². The maximum absolute atomic E-state index is 12.7. The summed E-state index contributed by atoms with van der Waals surface area (Å²) in [6.45, 7) is 1.91. The zero-order chi connectivity index (χ0) is 13.9. The van der Waals surface area contributed by atoms with Crippen LogP contribution in [0.4, 0.5) is 0 Å². The first kappa shape index (κ1) is 14.0. The quantitative estimate of drug-likeness (QED) is 0.918. The van der Waals surface area contributed by atoms with Gasteiger partial charge in [0, 0.05) is 35.5 Å². The maximum atomic E-state index is 12.7. The summed E-state index contributed by atoms with van der Waals surface area (Å²) in [6, 6.07) is 2.75. The maximum Gasteiger partial charge on any atom is 0.255 e. The number of carbonyl (C=O) groups excluding carboxylic acids is 1. The van der Waals surface area contributed by atoms with E-state index in [0.717, 1.165) is 30.4 Å². The van der Waals surface area contributed by atoms with Gasteiger partial charge in [0.2, 0.25) is 0 Å². The first-order valence-electron chi connectivity index (χ1n) is 7.39. The number of nitrogens with one attached hydrogen (secondary N) is 1. The molecule has 4 nitrogen and oxygen atoms in total. The summed E-state index contributed by atoms with van der Waals surface area (Å²) >= 11 is 3.39. The fourth-order valence-electron chi connectivity index (χ4n) is 2.80. The number of hydrogen-bond donors (Lipinski definition) is 1. The Labute approximate surface area is 128 Å². The highest BCUT2D eigenvalue weighted by molar-refractivity contribution is 9.10. The van der Waals surface area contributed by atoms with Crippen LogP contribution in [0.25, 0.3) is 0 Å². The second kappa shape index (κ2) is 6.22. The SMILES string of the molecule is O=C(c1cncc(Br)c1)N(CC1CCCCN1)C1CC1. The van der Waals surface area contributed by atoms with Gasteiger partial charge in [-0.25, -0.2) is 0 Å². The minimum atomic E-state index is 0.119. The van der Waals surface area contributed by atoms with Crippen LogP contribution in [0.15, 0.2) is 22.9 Å². The monoisotopic (exact) mass is 337 g/mol. The Bertz CT molecular complexity index is 484. The predicted octanol–water partition coefficient (Wildman–Crippen LogP) is 2.59. The molecule has 1 aromatic rings. The van der Waals surface area contributed by atoms with Crippen LogP contribution in [0.2, 0.25) is 0 Å². The van der Waals surface area contributed by atoms with Crippen LogP contribution in [0, 0.1) is 0 Å². The number of nitrogens with zero attached hydrogens (tertiary/aromatic N) is 2. The largest absolute Gasteiger partial charge is 0.334 e. The Morgan fingerprint density at radius 1 is 1.35 bits per heavy atom. The Balaban J connectivity index is 1.71. The van der Waals surface area contributed by atoms with Gasteiger partial charge in [-0.3, -0.25) is 9.78 Å². The minimum Gasteiger partial charge on any atom is -0.334 e. The summed E-state index contributed by atoms with van der Waals surface area (Å²) in [5.74, 6) is 0.119. The van der Waals surface area contributed by atoms with Gasteiger partial charge in [0.1, 0.15) is 0 Å². The van der Waals surface area contributed by atoms with Gasteiger partial charge >= 0.3 is 0 Å². The highest BCUT2D eigenvalue weighted by Crippen LogP contribution is 2.29. The average molecular weight is 338 g/mol. The van der Waals surface area contributed by atoms with Crippen molar-refractivity contribution in [1.82, 2.24) is 15.2 Å². The molecule has 108 valence electrons. The molecule has 1 atom stereocenters. The molecular weight excluding hydrogens is 318 g/mol. The van der Waals surface area contributed by atoms with Gasteiger partial charge in [-0.05, 0) is 54.2 Å². The molecule has 0 bridgehead atoms. The smallest absolute Gasteiger partial charge is 0.255 e. The fraction of sp³-hybridized carbons (Fsp3) is 0.600. The molecule has 1 aliphatic heterocycles. The van der Waals surface area contributed by atoms with Crippen LogP contribution in [-0.2, 0) is 0 Å². The Morgan fingerprint density at radius 3 is 2.85 bits per heavy atom. The van der Waals surface area contributed by atoms with Crippen LogP contribution in [0.5, 0.6) is 0 Å². The lowest BCUT2D eigenvalue weighted by atomic mass is 10.0. The van der Waals surface area contributed by atoms with Crippen LogP contribution in [0.1, 0.15) is 42.5 Å². The van der Waals surface area contributed by atoms with Crippen LogP contribution >= 0.6 is 15.9 Å². The third-order valence-corrected chi connectivity index (χ3v) is 4.46. The highest BCUT2D eigenvalue weighted by Gasteiger charge is 2.34. The molecule has 2 aliphatic rings. The summed E-state index contributed by atoms with van der Waals surface area (Å²) in [5, 5.41) is 3.53. The molecule has 1 amide bonds. The summed E-state index contributed by atoms with van der Waals surface area (Å²) in [4.78, 5) is 18.8. The zero-order valence-electron chi connectivity index (χ0n) is 11.5. The number of rotatable bonds is 4. The molecule has 5 heteroatoms. The Hall–Kier alpha value is -0.940. The van der Waals surface area contributed by atoms with E-state index in [9.17, 15) is 4.79 Å². The van der Waals surface area contributed by atoms with Crippen molar-refractivity contribution >= 4 is 21.8 Å². The molecule has 1 unspecified atom stereocenters. The molecule has 1 saturated heterocycles. The second-order valence-electron chi connectivity index (χ2n) is 5.73. The molecule has 1 N–H and O–H groups in total. The van der Waals surface area contributed by atoms with Crippen molar-refractivity contribution in [2.24, 2.45) is 0 Å². The van der Waals surface area contributed by atoms with Crippen LogP contribution in [-0.4, -0.2) is 41.0 Å². The number of piperidine rings is 1. The zero-order valence-corrected chi connectivity index (χ0v) is 13.1. The molecule has 2 heterocycles. The lowest BCUT2D eigenvalue weighted by molar-refractivity contribution is 0.0717. The molecule has 20 heavy (non-hydrogen) atoms. The Kier molecular flexibility index (Phi) is 4.36. The first-order valence-corrected chi connectivity index (χ1v) is 8.18. The van der Waals surface area contributed by atoms with E-state index in [4.69, 9.17) is 0 Å². The van der Waals surface area contributed by atoms with Crippen molar-refractivity contribution in [3.05, 3.63) is 28.5 Å². The van der Waals surface area contributed by atoms with Crippen molar-refractivity contribution in [2.45, 2.75) is 44.2 Å². The number of halogens is 1. The number of amides is 1. The van der Waals surface area contributed by atoms with Gasteiger partial charge in [0.25, 0.3) is 5.91 Å². The van der Waals surface area contributed by atoms with Crippen molar-refractivity contribution in [2.75, 3.05) is 13.1 Å². The molecular formula is C15H20BrN3O. The standard InChI is InChI=1S/C15H20BrN3O/c16-12-7-11(8-17-9-12)15(20)19(14-4-5-14)10-13-3-1-2-6-18-13/h7-9,13-14,18H,1-6,10H2. The van der Waals surface area contributed by atoms with E-state index >= 15 is 0 Å². The summed E-state index contributed by atoms with van der Waals surface area (Å²) in [7, 11) is 0. The summed E-state index contributed by atoms with van der Waals surface area (Å²) < 4.78 is 0.856. The summed E-state index contributed by atoms with van der Waals surface area (Å²) in [5.41, 5.74) is 0.682. The molecule has 1 aromatic heterocycles. The number of carbonyl (C=O) groups is 1. The molecule has 3 rings (SSSR count). The average Bonchev–Trinajstić information content (AvgIpc) is 3.30. The van der Waals surface area contributed by atoms with Gasteiger partial charge in [-0.2, -0.15) is 0 Å². The molecule has 1 aliphatic carbocycles. The van der Waals surface area contributed by atoms with Crippen molar-refractivity contribution in [3.8, 4) is 0 Å². The molecule has 2 fully saturated rings. The topological polar surface area (TPSA) is 45.2 Å². The predicted molar refractivity (Wildman–Crippen MR) is 81.6 cm³/mol. The third kappa shape index (κ3) is 3.38. The lowest BCUT2D eigenvalue weighted by Crippen LogP contribution is -2.46. The molecule has 0 radical (unpaired) electrons. The van der Waals surface area contributed by atoms with E-state index in [0.29, 0.717) is 17.6 Å². The van der Waals surface area contributed by atoms with Crippen LogP contribution < -0.4 is 5.32 Å². The molecule has 0 aromatic carbocycles. The fourth-order valence-corrected chi connectivity index (χ4v) is 3.16. The van der Waals surface area contributed by atoms with Gasteiger partial charge in [0.15, 0.2) is 0 Å². The Morgan fingerprint density at radius 2 is 2.20 bits per heavy atom. The minimum absolute atomic E-state index is 0.119.